The van der Waals surface area contributed by atoms with E-state index in [1.165, 1.54) is 0 Å². The molecule has 5 fully saturated rings. The normalized spacial score (nSPS) is 50.0. The Morgan fingerprint density at radius 3 is 2.73 bits per heavy atom. The molecule has 26 heavy (non-hydrogen) atoms. The smallest absolute Gasteiger partial charge is 0.308 e. The van der Waals surface area contributed by atoms with Crippen LogP contribution in [0.4, 0.5) is 0 Å². The van der Waals surface area contributed by atoms with Crippen molar-refractivity contribution < 1.29 is 28.8 Å². The minimum absolute atomic E-state index is 0.0430. The van der Waals surface area contributed by atoms with Crippen LogP contribution in [0.1, 0.15) is 72.6 Å². The van der Waals surface area contributed by atoms with Crippen LogP contribution in [0.25, 0.3) is 0 Å². The minimum atomic E-state index is -0.797. The van der Waals surface area contributed by atoms with Gasteiger partial charge in [-0.1, -0.05) is 27.2 Å². The fraction of sp³-hybridized carbons (Fsp3) is 0.950. The number of hydrogen-bond acceptors (Lipinski definition) is 6. The molecule has 1 saturated carbocycles. The highest BCUT2D eigenvalue weighted by Gasteiger charge is 2.69. The Balaban J connectivity index is 1.61. The summed E-state index contributed by atoms with van der Waals surface area (Å²) < 4.78 is 18.2. The zero-order valence-corrected chi connectivity index (χ0v) is 16.4. The Morgan fingerprint density at radius 1 is 1.15 bits per heavy atom. The van der Waals surface area contributed by atoms with Crippen LogP contribution in [0.5, 0.6) is 0 Å². The minimum Gasteiger partial charge on any atom is -0.435 e. The summed E-state index contributed by atoms with van der Waals surface area (Å²) in [5, 5.41) is 0. The van der Waals surface area contributed by atoms with E-state index in [4.69, 9.17) is 24.0 Å². The van der Waals surface area contributed by atoms with Crippen molar-refractivity contribution in [3.05, 3.63) is 0 Å². The largest absolute Gasteiger partial charge is 0.435 e. The molecule has 8 atom stereocenters. The van der Waals surface area contributed by atoms with Gasteiger partial charge in [0.1, 0.15) is 0 Å². The van der Waals surface area contributed by atoms with Crippen LogP contribution in [0.2, 0.25) is 0 Å². The van der Waals surface area contributed by atoms with Crippen molar-refractivity contribution in [2.75, 3.05) is 0 Å². The topological polar surface area (TPSA) is 63.2 Å². The van der Waals surface area contributed by atoms with Gasteiger partial charge in [0.05, 0.1) is 0 Å². The van der Waals surface area contributed by atoms with Crippen molar-refractivity contribution >= 4 is 5.97 Å². The summed E-state index contributed by atoms with van der Waals surface area (Å²) in [6.45, 7) is 8.36. The Labute approximate surface area is 155 Å². The van der Waals surface area contributed by atoms with Crippen molar-refractivity contribution in [3.8, 4) is 0 Å². The van der Waals surface area contributed by atoms with E-state index >= 15 is 0 Å². The first kappa shape index (κ1) is 18.7. The molecule has 1 aliphatic carbocycles. The maximum absolute atomic E-state index is 12.2. The van der Waals surface area contributed by atoms with Gasteiger partial charge in [-0.15, -0.1) is 0 Å². The molecule has 6 heteroatoms. The van der Waals surface area contributed by atoms with Crippen molar-refractivity contribution in [1.29, 1.82) is 0 Å². The number of ether oxygens (including phenoxy) is 3. The number of carbonyl (C=O) groups excluding carboxylic acids is 1. The summed E-state index contributed by atoms with van der Waals surface area (Å²) >= 11 is 0. The molecule has 0 aromatic rings. The summed E-state index contributed by atoms with van der Waals surface area (Å²) in [7, 11) is 0. The molecule has 4 aliphatic heterocycles. The second-order valence-electron chi connectivity index (χ2n) is 8.87. The number of hydrogen-bond donors (Lipinski definition) is 0. The van der Waals surface area contributed by atoms with E-state index in [0.717, 1.165) is 38.5 Å². The van der Waals surface area contributed by atoms with Crippen LogP contribution in [-0.4, -0.2) is 29.9 Å². The first-order valence-corrected chi connectivity index (χ1v) is 10.3. The summed E-state index contributed by atoms with van der Waals surface area (Å²) in [4.78, 5) is 24.1. The fourth-order valence-electron chi connectivity index (χ4n) is 5.52. The molecule has 0 aromatic carbocycles. The van der Waals surface area contributed by atoms with E-state index in [1.54, 1.807) is 0 Å². The standard InChI is InChI=1S/C20H32O6/c1-5-6-7-16(21)22-17-13(3)15-9-8-12(2)14-10-11-19(4)24-18(23-17)20(14,15)26-25-19/h12-15,17-18H,5-11H2,1-4H3/t12-,13-,14+,15?,17?,18-,19+,20?/m1/s1. The molecule has 4 heterocycles. The summed E-state index contributed by atoms with van der Waals surface area (Å²) in [6.07, 6.45) is 5.03. The second kappa shape index (κ2) is 6.73. The van der Waals surface area contributed by atoms with E-state index < -0.39 is 24.0 Å². The van der Waals surface area contributed by atoms with Gasteiger partial charge in [-0.05, 0) is 44.4 Å². The summed E-state index contributed by atoms with van der Waals surface area (Å²) in [5.74, 6) is 0.100. The van der Waals surface area contributed by atoms with Crippen molar-refractivity contribution in [1.82, 2.24) is 0 Å². The van der Waals surface area contributed by atoms with Gasteiger partial charge in [0.25, 0.3) is 0 Å². The van der Waals surface area contributed by atoms with Gasteiger partial charge in [-0.3, -0.25) is 4.79 Å². The molecule has 4 saturated heterocycles. The van der Waals surface area contributed by atoms with Crippen molar-refractivity contribution in [3.63, 3.8) is 0 Å². The first-order valence-electron chi connectivity index (χ1n) is 10.3. The third-order valence-electron chi connectivity index (χ3n) is 7.08. The lowest BCUT2D eigenvalue weighted by atomic mass is 9.58. The quantitative estimate of drug-likeness (QED) is 0.553. The highest BCUT2D eigenvalue weighted by molar-refractivity contribution is 5.69. The molecule has 5 aliphatic rings. The van der Waals surface area contributed by atoms with E-state index in [1.807, 2.05) is 6.92 Å². The van der Waals surface area contributed by atoms with Gasteiger partial charge in [0, 0.05) is 24.7 Å². The van der Waals surface area contributed by atoms with E-state index in [2.05, 4.69) is 20.8 Å². The molecule has 0 aromatic heterocycles. The zero-order valence-electron chi connectivity index (χ0n) is 16.4. The zero-order chi connectivity index (χ0) is 18.5. The van der Waals surface area contributed by atoms with Crippen LogP contribution < -0.4 is 0 Å². The van der Waals surface area contributed by atoms with Gasteiger partial charge >= 0.3 is 5.97 Å². The average Bonchev–Trinajstić information content (AvgIpc) is 2.84. The highest BCUT2D eigenvalue weighted by atomic mass is 17.3. The van der Waals surface area contributed by atoms with Crippen LogP contribution in [-0.2, 0) is 28.8 Å². The van der Waals surface area contributed by atoms with Gasteiger partial charge in [0.15, 0.2) is 11.9 Å². The monoisotopic (exact) mass is 368 g/mol. The highest BCUT2D eigenvalue weighted by Crippen LogP contribution is 2.60. The molecule has 0 radical (unpaired) electrons. The average molecular weight is 368 g/mol. The van der Waals surface area contributed by atoms with Gasteiger partial charge in [-0.25, -0.2) is 9.78 Å². The van der Waals surface area contributed by atoms with Crippen LogP contribution in [0, 0.1) is 23.7 Å². The number of unbranched alkanes of at least 4 members (excludes halogenated alkanes) is 1. The lowest BCUT2D eigenvalue weighted by Gasteiger charge is -2.59. The predicted octanol–water partition coefficient (Wildman–Crippen LogP) is 3.93. The lowest BCUT2D eigenvalue weighted by Crippen LogP contribution is -2.70. The molecule has 3 unspecified atom stereocenters. The SMILES string of the molecule is CCCCC(=O)OC1O[C@@H]2O[C@]3(C)CC[C@H]4[C@H](C)CCC([C@H]1C)C24OO3. The number of carbonyl (C=O) groups is 1. The molecule has 5 rings (SSSR count). The molecule has 0 amide bonds. The summed E-state index contributed by atoms with van der Waals surface area (Å²) in [6, 6.07) is 0. The molecule has 0 N–H and O–H groups in total. The Morgan fingerprint density at radius 2 is 1.96 bits per heavy atom. The molecular weight excluding hydrogens is 336 g/mol. The molecule has 2 bridgehead atoms. The molecule has 148 valence electrons. The van der Waals surface area contributed by atoms with Crippen molar-refractivity contribution in [2.45, 2.75) is 96.6 Å². The Kier molecular flexibility index (Phi) is 4.83. The fourth-order valence-corrected chi connectivity index (χ4v) is 5.52. The van der Waals surface area contributed by atoms with Crippen LogP contribution >= 0.6 is 0 Å². The number of esters is 1. The van der Waals surface area contributed by atoms with E-state index in [9.17, 15) is 4.79 Å². The van der Waals surface area contributed by atoms with Crippen LogP contribution in [0.3, 0.4) is 0 Å². The maximum atomic E-state index is 12.2. The maximum Gasteiger partial charge on any atom is 0.308 e. The lowest BCUT2D eigenvalue weighted by molar-refractivity contribution is -0.576. The Bertz CT molecular complexity index is 552. The molecule has 6 nitrogen and oxygen atoms in total. The van der Waals surface area contributed by atoms with Crippen molar-refractivity contribution in [2.24, 2.45) is 23.7 Å². The number of rotatable bonds is 4. The second-order valence-corrected chi connectivity index (χ2v) is 8.87. The molecular formula is C20H32O6. The first-order chi connectivity index (χ1) is 12.4. The van der Waals surface area contributed by atoms with Crippen LogP contribution in [0.15, 0.2) is 0 Å². The predicted molar refractivity (Wildman–Crippen MR) is 92.4 cm³/mol. The third-order valence-corrected chi connectivity index (χ3v) is 7.08. The number of fused-ring (bicyclic) bond motifs is 2. The van der Waals surface area contributed by atoms with Gasteiger partial charge in [-0.2, -0.15) is 0 Å². The van der Waals surface area contributed by atoms with Gasteiger partial charge in [0.2, 0.25) is 12.1 Å². The van der Waals surface area contributed by atoms with Gasteiger partial charge < -0.3 is 14.2 Å². The summed E-state index contributed by atoms with van der Waals surface area (Å²) in [5.41, 5.74) is -0.598. The van der Waals surface area contributed by atoms with E-state index in [-0.39, 0.29) is 17.8 Å². The van der Waals surface area contributed by atoms with E-state index in [0.29, 0.717) is 18.3 Å². The molecule has 1 spiro atoms. The third kappa shape index (κ3) is 2.81. The Hall–Kier alpha value is -0.690.